The van der Waals surface area contributed by atoms with Gasteiger partial charge in [-0.25, -0.2) is 0 Å². The first-order valence-corrected chi connectivity index (χ1v) is 11.4. The average molecular weight is 440 g/mol. The molecule has 4 bridgehead atoms. The van der Waals surface area contributed by atoms with E-state index in [-0.39, 0.29) is 23.8 Å². The van der Waals surface area contributed by atoms with Gasteiger partial charge in [0.15, 0.2) is 6.19 Å². The second-order valence-corrected chi connectivity index (χ2v) is 10.3. The van der Waals surface area contributed by atoms with E-state index in [9.17, 15) is 15.2 Å². The molecule has 4 fully saturated rings. The van der Waals surface area contributed by atoms with Crippen molar-refractivity contribution < 1.29 is 19.4 Å². The molecule has 0 aromatic heterocycles. The normalized spacial score (nSPS) is 33.6. The molecule has 2 N–H and O–H groups in total. The van der Waals surface area contributed by atoms with Crippen LogP contribution in [0.5, 0.6) is 5.75 Å². The fraction of sp³-hybridized carbons (Fsp3) is 0.640. The first kappa shape index (κ1) is 22.6. The fourth-order valence-corrected chi connectivity index (χ4v) is 6.42. The van der Waals surface area contributed by atoms with E-state index in [0.29, 0.717) is 24.8 Å². The third kappa shape index (κ3) is 3.86. The van der Waals surface area contributed by atoms with Crippen molar-refractivity contribution in [3.63, 3.8) is 0 Å². The highest BCUT2D eigenvalue weighted by Gasteiger charge is 2.62. The Labute approximate surface area is 189 Å². The van der Waals surface area contributed by atoms with Crippen LogP contribution in [0, 0.1) is 40.5 Å². The Hall–Kier alpha value is -2.59. The molecule has 6 unspecified atom stereocenters. The van der Waals surface area contributed by atoms with E-state index < -0.39 is 17.0 Å². The number of nitrogens with zero attached hydrogens (tertiary/aromatic N) is 2. The molecule has 6 atom stereocenters. The minimum atomic E-state index is -0.794. The van der Waals surface area contributed by atoms with Gasteiger partial charge in [0, 0.05) is 0 Å². The maximum atomic E-state index is 12.2. The van der Waals surface area contributed by atoms with E-state index in [1.54, 1.807) is 7.11 Å². The van der Waals surface area contributed by atoms with Crippen LogP contribution in [0.25, 0.3) is 0 Å². The Kier molecular flexibility index (Phi) is 5.93. The molecule has 0 amide bonds. The minimum absolute atomic E-state index is 0.0220. The molecule has 4 aliphatic carbocycles. The predicted octanol–water partition coefficient (Wildman–Crippen LogP) is 3.99. The van der Waals surface area contributed by atoms with Gasteiger partial charge in [-0.15, -0.1) is 0 Å². The molecule has 4 aliphatic rings. The molecule has 0 aliphatic heterocycles. The van der Waals surface area contributed by atoms with Gasteiger partial charge in [-0.2, -0.15) is 5.26 Å². The Morgan fingerprint density at radius 1 is 1.31 bits per heavy atom. The minimum Gasteiger partial charge on any atom is -0.497 e. The molecule has 0 heterocycles. The van der Waals surface area contributed by atoms with Crippen molar-refractivity contribution in [2.75, 3.05) is 7.11 Å². The molecule has 1 aromatic rings. The number of amidine groups is 1. The van der Waals surface area contributed by atoms with Crippen LogP contribution in [0.1, 0.15) is 52.0 Å². The van der Waals surface area contributed by atoms with Crippen molar-refractivity contribution in [2.24, 2.45) is 34.1 Å². The molecule has 0 spiro atoms. The third-order valence-electron chi connectivity index (χ3n) is 8.16. The van der Waals surface area contributed by atoms with E-state index in [0.717, 1.165) is 30.6 Å². The lowest BCUT2D eigenvalue weighted by Crippen LogP contribution is -2.61. The number of nitrogens with one attached hydrogen (secondary N) is 1. The number of aliphatic carboxylic acids is 1. The number of carbonyl (C=O) groups is 1. The molecule has 0 radical (unpaired) electrons. The zero-order valence-corrected chi connectivity index (χ0v) is 19.3. The first-order valence-electron chi connectivity index (χ1n) is 11.4. The zero-order chi connectivity index (χ0) is 23.1. The van der Waals surface area contributed by atoms with Crippen LogP contribution in [-0.4, -0.2) is 35.7 Å². The molecule has 4 saturated carbocycles. The molecule has 0 saturated heterocycles. The summed E-state index contributed by atoms with van der Waals surface area (Å²) in [6, 6.07) is 7.71. The van der Waals surface area contributed by atoms with Gasteiger partial charge in [0.1, 0.15) is 17.2 Å². The van der Waals surface area contributed by atoms with Crippen LogP contribution in [-0.2, 0) is 16.1 Å². The van der Waals surface area contributed by atoms with Crippen LogP contribution in [0.2, 0.25) is 0 Å². The van der Waals surface area contributed by atoms with Crippen molar-refractivity contribution in [3.05, 3.63) is 29.8 Å². The highest BCUT2D eigenvalue weighted by molar-refractivity contribution is 5.91. The van der Waals surface area contributed by atoms with Crippen LogP contribution < -0.4 is 10.1 Å². The summed E-state index contributed by atoms with van der Waals surface area (Å²) >= 11 is 0. The van der Waals surface area contributed by atoms with E-state index in [2.05, 4.69) is 12.2 Å². The summed E-state index contributed by atoms with van der Waals surface area (Å²) < 4.78 is 11.4. The number of benzene rings is 1. The van der Waals surface area contributed by atoms with Crippen LogP contribution in [0.4, 0.5) is 0 Å². The predicted molar refractivity (Wildman–Crippen MR) is 120 cm³/mol. The number of rotatable bonds is 7. The smallest absolute Gasteiger partial charge is 0.309 e. The molecule has 1 aromatic carbocycles. The quantitative estimate of drug-likeness (QED) is 0.288. The average Bonchev–Trinajstić information content (AvgIpc) is 2.77. The third-order valence-corrected chi connectivity index (χ3v) is 8.16. The van der Waals surface area contributed by atoms with Gasteiger partial charge in [0.2, 0.25) is 0 Å². The van der Waals surface area contributed by atoms with Gasteiger partial charge in [-0.3, -0.25) is 15.1 Å². The standard InChI is InChI=1S/C25H33N3O4/c1-15-20-10-17-9-18(12-25(15,11-17)23(29)30)21(20)28-22(27-14-26)24(2,3)32-13-16-5-7-19(31-4)8-6-16/h5-8,15,17-18,20-21H,9-13H2,1-4H3,(H,27,28)(H,29,30). The summed E-state index contributed by atoms with van der Waals surface area (Å²) in [4.78, 5) is 17.3. The largest absolute Gasteiger partial charge is 0.497 e. The number of ether oxygens (including phenoxy) is 2. The highest BCUT2D eigenvalue weighted by atomic mass is 16.5. The SMILES string of the molecule is COc1ccc(COC(C)(C)C(=NC2C3CC4CC2C(C)C(C(=O)O)(C4)C3)NC#N)cc1. The number of nitriles is 1. The van der Waals surface area contributed by atoms with Gasteiger partial charge >= 0.3 is 5.97 Å². The summed E-state index contributed by atoms with van der Waals surface area (Å²) in [7, 11) is 1.63. The van der Waals surface area contributed by atoms with E-state index in [1.165, 1.54) is 0 Å². The van der Waals surface area contributed by atoms with Crippen LogP contribution in [0.15, 0.2) is 29.3 Å². The Morgan fingerprint density at radius 3 is 2.66 bits per heavy atom. The number of aliphatic imine (C=N–C) groups is 1. The van der Waals surface area contributed by atoms with Crippen molar-refractivity contribution >= 4 is 11.8 Å². The van der Waals surface area contributed by atoms with Crippen molar-refractivity contribution in [3.8, 4) is 11.9 Å². The molecule has 7 nitrogen and oxygen atoms in total. The zero-order valence-electron chi connectivity index (χ0n) is 19.3. The van der Waals surface area contributed by atoms with Gasteiger partial charge in [-0.05, 0) is 80.9 Å². The Bertz CT molecular complexity index is 936. The lowest BCUT2D eigenvalue weighted by atomic mass is 9.44. The number of hydrogen-bond donors (Lipinski definition) is 2. The number of carboxylic acid groups (broad SMARTS) is 1. The molecular formula is C25H33N3O4. The van der Waals surface area contributed by atoms with Crippen molar-refractivity contribution in [1.82, 2.24) is 5.32 Å². The molecule has 5 rings (SSSR count). The Balaban J connectivity index is 1.54. The summed E-state index contributed by atoms with van der Waals surface area (Å²) in [6.45, 7) is 6.29. The maximum Gasteiger partial charge on any atom is 0.309 e. The van der Waals surface area contributed by atoms with Crippen LogP contribution in [0.3, 0.4) is 0 Å². The lowest BCUT2D eigenvalue weighted by molar-refractivity contribution is -0.178. The molecule has 172 valence electrons. The second-order valence-electron chi connectivity index (χ2n) is 10.3. The van der Waals surface area contributed by atoms with Crippen LogP contribution >= 0.6 is 0 Å². The van der Waals surface area contributed by atoms with E-state index in [4.69, 9.17) is 14.5 Å². The monoisotopic (exact) mass is 439 g/mol. The topological polar surface area (TPSA) is 104 Å². The molecular weight excluding hydrogens is 406 g/mol. The van der Waals surface area contributed by atoms with Gasteiger partial charge in [0.05, 0.1) is 25.2 Å². The van der Waals surface area contributed by atoms with Crippen molar-refractivity contribution in [1.29, 1.82) is 5.26 Å². The second kappa shape index (κ2) is 8.40. The van der Waals surface area contributed by atoms with Crippen molar-refractivity contribution in [2.45, 2.75) is 64.7 Å². The number of methoxy groups -OCH3 is 1. The number of carboxylic acids is 1. The van der Waals surface area contributed by atoms with E-state index >= 15 is 0 Å². The maximum absolute atomic E-state index is 12.2. The van der Waals surface area contributed by atoms with Gasteiger partial charge < -0.3 is 14.6 Å². The number of hydrogen-bond acceptors (Lipinski definition) is 5. The lowest BCUT2D eigenvalue weighted by Gasteiger charge is -2.61. The summed E-state index contributed by atoms with van der Waals surface area (Å²) in [6.07, 6.45) is 5.55. The first-order chi connectivity index (χ1) is 15.2. The van der Waals surface area contributed by atoms with Gasteiger partial charge in [0.25, 0.3) is 0 Å². The highest BCUT2D eigenvalue weighted by Crippen LogP contribution is 2.63. The van der Waals surface area contributed by atoms with Gasteiger partial charge in [-0.1, -0.05) is 19.1 Å². The molecule has 7 heteroatoms. The fourth-order valence-electron chi connectivity index (χ4n) is 6.42. The van der Waals surface area contributed by atoms with E-state index in [1.807, 2.05) is 44.3 Å². The summed E-state index contributed by atoms with van der Waals surface area (Å²) in [5.41, 5.74) is -0.397. The Morgan fingerprint density at radius 2 is 2.03 bits per heavy atom. The summed E-state index contributed by atoms with van der Waals surface area (Å²) in [5.74, 6) is 1.68. The molecule has 32 heavy (non-hydrogen) atoms. The summed E-state index contributed by atoms with van der Waals surface area (Å²) in [5, 5.41) is 22.2.